The number of nitrogens with zero attached hydrogens (tertiary/aromatic N) is 1. The first-order valence-corrected chi connectivity index (χ1v) is 11.3. The van der Waals surface area contributed by atoms with Gasteiger partial charge < -0.3 is 25.0 Å². The van der Waals surface area contributed by atoms with Gasteiger partial charge in [-0.25, -0.2) is 4.79 Å². The van der Waals surface area contributed by atoms with Gasteiger partial charge in [-0.15, -0.1) is 0 Å². The maximum Gasteiger partial charge on any atom is 0.319 e. The predicted octanol–water partition coefficient (Wildman–Crippen LogP) is 4.39. The van der Waals surface area contributed by atoms with Crippen molar-refractivity contribution in [2.24, 2.45) is 0 Å². The number of rotatable bonds is 7. The third-order valence-corrected chi connectivity index (χ3v) is 5.97. The van der Waals surface area contributed by atoms with Gasteiger partial charge in [-0.2, -0.15) is 0 Å². The van der Waals surface area contributed by atoms with Crippen LogP contribution < -0.4 is 20.1 Å². The molecule has 2 N–H and O–H groups in total. The Hall–Kier alpha value is -4.00. The first-order valence-electron chi connectivity index (χ1n) is 11.3. The van der Waals surface area contributed by atoms with E-state index in [1.54, 1.807) is 14.2 Å². The van der Waals surface area contributed by atoms with Crippen molar-refractivity contribution in [3.8, 4) is 11.5 Å². The first kappa shape index (κ1) is 23.2. The van der Waals surface area contributed by atoms with Crippen LogP contribution in [0.2, 0.25) is 0 Å². The summed E-state index contributed by atoms with van der Waals surface area (Å²) in [6.07, 6.45) is 0.918. The van der Waals surface area contributed by atoms with E-state index in [0.29, 0.717) is 30.2 Å². The smallest absolute Gasteiger partial charge is 0.319 e. The number of carbonyl (C=O) groups excluding carboxylic acids is 2. The number of urea groups is 1. The molecule has 0 aliphatic carbocycles. The molecule has 0 spiro atoms. The van der Waals surface area contributed by atoms with Crippen LogP contribution in [0.4, 0.5) is 10.5 Å². The summed E-state index contributed by atoms with van der Waals surface area (Å²) in [6, 6.07) is 22.6. The second-order valence-corrected chi connectivity index (χ2v) is 8.05. The number of para-hydroxylation sites is 1. The maximum absolute atomic E-state index is 13.3. The third kappa shape index (κ3) is 5.14. The molecular weight excluding hydrogens is 430 g/mol. The van der Waals surface area contributed by atoms with E-state index in [-0.39, 0.29) is 30.9 Å². The molecule has 3 aromatic carbocycles. The molecule has 0 aromatic heterocycles. The maximum atomic E-state index is 13.3. The number of anilines is 1. The molecule has 0 fully saturated rings. The SMILES string of the molecule is COc1cc2c(cc1OC)C(c1ccccc1)N(C(=O)CCNC(=O)Nc1ccccc1)CC2. The molecule has 4 rings (SSSR count). The molecule has 0 saturated heterocycles. The van der Waals surface area contributed by atoms with Crippen LogP contribution in [-0.4, -0.2) is 44.1 Å². The zero-order chi connectivity index (χ0) is 23.9. The van der Waals surface area contributed by atoms with Crippen LogP contribution >= 0.6 is 0 Å². The number of methoxy groups -OCH3 is 2. The normalized spacial score (nSPS) is 14.6. The lowest BCUT2D eigenvalue weighted by molar-refractivity contribution is -0.133. The van der Waals surface area contributed by atoms with Crippen LogP contribution in [0.25, 0.3) is 0 Å². The summed E-state index contributed by atoms with van der Waals surface area (Å²) in [7, 11) is 3.23. The molecule has 1 aliphatic rings. The summed E-state index contributed by atoms with van der Waals surface area (Å²) in [5.74, 6) is 1.30. The highest BCUT2D eigenvalue weighted by Gasteiger charge is 2.33. The van der Waals surface area contributed by atoms with Gasteiger partial charge in [0.05, 0.1) is 20.3 Å². The van der Waals surface area contributed by atoms with Crippen LogP contribution in [-0.2, 0) is 11.2 Å². The topological polar surface area (TPSA) is 79.9 Å². The fraction of sp³-hybridized carbons (Fsp3) is 0.259. The minimum Gasteiger partial charge on any atom is -0.493 e. The molecule has 1 heterocycles. The van der Waals surface area contributed by atoms with Crippen molar-refractivity contribution in [2.45, 2.75) is 18.9 Å². The zero-order valence-electron chi connectivity index (χ0n) is 19.4. The highest BCUT2D eigenvalue weighted by Crippen LogP contribution is 2.41. The van der Waals surface area contributed by atoms with Crippen molar-refractivity contribution < 1.29 is 19.1 Å². The molecule has 1 atom stereocenters. The number of benzene rings is 3. The first-order chi connectivity index (χ1) is 16.6. The third-order valence-electron chi connectivity index (χ3n) is 5.97. The van der Waals surface area contributed by atoms with Crippen molar-refractivity contribution in [2.75, 3.05) is 32.6 Å². The van der Waals surface area contributed by atoms with Gasteiger partial charge in [0.2, 0.25) is 5.91 Å². The van der Waals surface area contributed by atoms with Crippen LogP contribution in [0, 0.1) is 0 Å². The van der Waals surface area contributed by atoms with Gasteiger partial charge in [0.25, 0.3) is 0 Å². The second kappa shape index (κ2) is 10.7. The molecule has 7 heteroatoms. The van der Waals surface area contributed by atoms with E-state index >= 15 is 0 Å². The summed E-state index contributed by atoms with van der Waals surface area (Å²) in [6.45, 7) is 0.825. The number of carbonyl (C=O) groups is 2. The summed E-state index contributed by atoms with van der Waals surface area (Å²) in [4.78, 5) is 27.4. The number of ether oxygens (including phenoxy) is 2. The molecule has 1 aliphatic heterocycles. The van der Waals surface area contributed by atoms with Crippen molar-refractivity contribution >= 4 is 17.6 Å². The number of amides is 3. The average molecular weight is 460 g/mol. The van der Waals surface area contributed by atoms with Gasteiger partial charge in [-0.3, -0.25) is 4.79 Å². The second-order valence-electron chi connectivity index (χ2n) is 8.05. The Morgan fingerprint density at radius 3 is 2.26 bits per heavy atom. The quantitative estimate of drug-likeness (QED) is 0.549. The van der Waals surface area contributed by atoms with E-state index in [4.69, 9.17) is 9.47 Å². The number of hydrogen-bond donors (Lipinski definition) is 2. The lowest BCUT2D eigenvalue weighted by Gasteiger charge is -2.38. The van der Waals surface area contributed by atoms with E-state index < -0.39 is 0 Å². The summed E-state index contributed by atoms with van der Waals surface area (Å²) < 4.78 is 11.0. The molecule has 7 nitrogen and oxygen atoms in total. The molecule has 3 aromatic rings. The van der Waals surface area contributed by atoms with E-state index in [1.165, 1.54) is 0 Å². The highest BCUT2D eigenvalue weighted by molar-refractivity contribution is 5.89. The summed E-state index contributed by atoms with van der Waals surface area (Å²) >= 11 is 0. The lowest BCUT2D eigenvalue weighted by Crippen LogP contribution is -2.42. The van der Waals surface area contributed by atoms with Crippen molar-refractivity contribution in [3.05, 3.63) is 89.5 Å². The van der Waals surface area contributed by atoms with E-state index in [1.807, 2.05) is 77.7 Å². The molecule has 0 bridgehead atoms. The van der Waals surface area contributed by atoms with Gasteiger partial charge in [-0.1, -0.05) is 48.5 Å². The Bertz CT molecular complexity index is 1140. The molecule has 1 unspecified atom stereocenters. The van der Waals surface area contributed by atoms with Gasteiger partial charge in [-0.05, 0) is 47.4 Å². The van der Waals surface area contributed by atoms with Gasteiger partial charge >= 0.3 is 6.03 Å². The van der Waals surface area contributed by atoms with Crippen LogP contribution in [0.5, 0.6) is 11.5 Å². The lowest BCUT2D eigenvalue weighted by atomic mass is 9.87. The highest BCUT2D eigenvalue weighted by atomic mass is 16.5. The largest absolute Gasteiger partial charge is 0.493 e. The molecule has 0 saturated carbocycles. The Morgan fingerprint density at radius 2 is 1.59 bits per heavy atom. The molecule has 176 valence electrons. The number of fused-ring (bicyclic) bond motifs is 1. The zero-order valence-corrected chi connectivity index (χ0v) is 19.4. The molecule has 3 amide bonds. The minimum absolute atomic E-state index is 0.0192. The minimum atomic E-state index is -0.334. The Morgan fingerprint density at radius 1 is 0.941 bits per heavy atom. The molecule has 0 radical (unpaired) electrons. The van der Waals surface area contributed by atoms with Gasteiger partial charge in [0.1, 0.15) is 0 Å². The number of hydrogen-bond acceptors (Lipinski definition) is 4. The Kier molecular flexibility index (Phi) is 7.32. The molecule has 34 heavy (non-hydrogen) atoms. The predicted molar refractivity (Wildman–Crippen MR) is 131 cm³/mol. The molecular formula is C27H29N3O4. The van der Waals surface area contributed by atoms with Crippen molar-refractivity contribution in [1.29, 1.82) is 0 Å². The van der Waals surface area contributed by atoms with Crippen LogP contribution in [0.3, 0.4) is 0 Å². The van der Waals surface area contributed by atoms with Crippen LogP contribution in [0.1, 0.15) is 29.2 Å². The fourth-order valence-corrected chi connectivity index (χ4v) is 4.33. The van der Waals surface area contributed by atoms with Crippen LogP contribution in [0.15, 0.2) is 72.8 Å². The van der Waals surface area contributed by atoms with E-state index in [0.717, 1.165) is 16.7 Å². The van der Waals surface area contributed by atoms with E-state index in [2.05, 4.69) is 10.6 Å². The number of nitrogens with one attached hydrogen (secondary N) is 2. The Balaban J connectivity index is 1.50. The van der Waals surface area contributed by atoms with Crippen molar-refractivity contribution in [1.82, 2.24) is 10.2 Å². The monoisotopic (exact) mass is 459 g/mol. The standard InChI is InChI=1S/C27H29N3O4/c1-33-23-17-20-14-16-30(25(31)13-15-28-27(32)29-21-11-7-4-8-12-21)26(19-9-5-3-6-10-19)22(20)18-24(23)34-2/h3-12,17-18,26H,13-16H2,1-2H3,(H2,28,29,32). The average Bonchev–Trinajstić information content (AvgIpc) is 2.88. The van der Waals surface area contributed by atoms with Gasteiger partial charge in [0, 0.05) is 25.2 Å². The Labute approximate surface area is 199 Å². The summed E-state index contributed by atoms with van der Waals surface area (Å²) in [5, 5.41) is 5.54. The van der Waals surface area contributed by atoms with Crippen molar-refractivity contribution in [3.63, 3.8) is 0 Å². The summed E-state index contributed by atoms with van der Waals surface area (Å²) in [5.41, 5.74) is 3.89. The fourth-order valence-electron chi connectivity index (χ4n) is 4.33. The van der Waals surface area contributed by atoms with Gasteiger partial charge in [0.15, 0.2) is 11.5 Å². The van der Waals surface area contributed by atoms with E-state index in [9.17, 15) is 9.59 Å².